The van der Waals surface area contributed by atoms with E-state index in [9.17, 15) is 21.0 Å². The molecule has 1 atom stereocenters. The van der Waals surface area contributed by atoms with Gasteiger partial charge in [-0.05, 0) is 24.3 Å². The van der Waals surface area contributed by atoms with Crippen molar-refractivity contribution >= 4 is 23.1 Å². The van der Waals surface area contributed by atoms with E-state index in [1.165, 1.54) is 0 Å². The average molecular weight is 353 g/mol. The summed E-state index contributed by atoms with van der Waals surface area (Å²) in [6, 6.07) is 22.9. The molecule has 6 heteroatoms. The van der Waals surface area contributed by atoms with Crippen molar-refractivity contribution in [1.29, 1.82) is 21.0 Å². The zero-order valence-corrected chi connectivity index (χ0v) is 14.4. The molecule has 2 aromatic carbocycles. The number of nitrogens with zero attached hydrogens (tertiary/aromatic N) is 5. The Hall–Kier alpha value is -3.45. The molecule has 1 unspecified atom stereocenters. The third-order valence-corrected chi connectivity index (χ3v) is 6.32. The minimum atomic E-state index is -1.71. The molecule has 1 saturated carbocycles. The second-order valence-electron chi connectivity index (χ2n) is 6.29. The van der Waals surface area contributed by atoms with Crippen molar-refractivity contribution in [2.24, 2.45) is 10.8 Å². The summed E-state index contributed by atoms with van der Waals surface area (Å²) in [6.45, 7) is 0. The van der Waals surface area contributed by atoms with Gasteiger partial charge in [0.2, 0.25) is 0 Å². The first-order chi connectivity index (χ1) is 12.7. The molecule has 0 saturated heterocycles. The van der Waals surface area contributed by atoms with Gasteiger partial charge in [-0.25, -0.2) is 0 Å². The van der Waals surface area contributed by atoms with Crippen molar-refractivity contribution in [3.8, 4) is 24.3 Å². The van der Waals surface area contributed by atoms with Crippen LogP contribution in [0.1, 0.15) is 6.42 Å². The number of fused-ring (bicyclic) bond motifs is 2. The van der Waals surface area contributed by atoms with Crippen LogP contribution in [-0.4, -0.2) is 6.04 Å². The van der Waals surface area contributed by atoms with E-state index in [4.69, 9.17) is 0 Å². The summed E-state index contributed by atoms with van der Waals surface area (Å²) in [6.07, 6.45) is 0.147. The van der Waals surface area contributed by atoms with E-state index in [0.29, 0.717) is 0 Å². The van der Waals surface area contributed by atoms with Crippen LogP contribution < -0.4 is 4.90 Å². The largest absolute Gasteiger partial charge is 0.334 e. The Morgan fingerprint density at radius 3 is 1.77 bits per heavy atom. The number of anilines is 2. The molecule has 4 rings (SSSR count). The first-order valence-corrected chi connectivity index (χ1v) is 8.78. The highest BCUT2D eigenvalue weighted by Crippen LogP contribution is 2.62. The topological polar surface area (TPSA) is 98.4 Å². The van der Waals surface area contributed by atoms with E-state index in [0.717, 1.165) is 21.2 Å². The van der Waals surface area contributed by atoms with Gasteiger partial charge in [0.05, 0.1) is 41.7 Å². The summed E-state index contributed by atoms with van der Waals surface area (Å²) in [5.74, 6) is 0. The predicted octanol–water partition coefficient (Wildman–Crippen LogP) is 4.13. The van der Waals surface area contributed by atoms with Crippen LogP contribution in [0.15, 0.2) is 58.3 Å². The molecule has 1 heterocycles. The van der Waals surface area contributed by atoms with Crippen molar-refractivity contribution in [2.75, 3.05) is 4.90 Å². The fraction of sp³-hybridized carbons (Fsp3) is 0.200. The Kier molecular flexibility index (Phi) is 3.41. The second-order valence-corrected chi connectivity index (χ2v) is 7.37. The fourth-order valence-electron chi connectivity index (χ4n) is 3.77. The Bertz CT molecular complexity index is 1010. The maximum atomic E-state index is 9.82. The summed E-state index contributed by atoms with van der Waals surface area (Å²) in [5.41, 5.74) is -1.55. The van der Waals surface area contributed by atoms with Crippen molar-refractivity contribution in [2.45, 2.75) is 22.3 Å². The standard InChI is InChI=1S/C20H11N5S/c21-10-19(11-22)9-18(20(19,12-23)13-24)25-14-5-1-3-7-16(14)26-17-8-4-2-6-15(17)25/h1-8,18H,9H2. The van der Waals surface area contributed by atoms with Gasteiger partial charge in [0.1, 0.15) is 0 Å². The lowest BCUT2D eigenvalue weighted by atomic mass is 9.48. The van der Waals surface area contributed by atoms with Gasteiger partial charge in [-0.1, -0.05) is 36.0 Å². The van der Waals surface area contributed by atoms with Crippen LogP contribution in [0.25, 0.3) is 0 Å². The van der Waals surface area contributed by atoms with Gasteiger partial charge in [-0.3, -0.25) is 0 Å². The fourth-order valence-corrected chi connectivity index (χ4v) is 4.84. The Balaban J connectivity index is 1.93. The number of para-hydroxylation sites is 2. The molecule has 2 aliphatic rings. The highest BCUT2D eigenvalue weighted by molar-refractivity contribution is 7.99. The molecule has 122 valence electrons. The van der Waals surface area contributed by atoms with Gasteiger partial charge in [0, 0.05) is 16.2 Å². The van der Waals surface area contributed by atoms with E-state index in [2.05, 4.69) is 0 Å². The van der Waals surface area contributed by atoms with Crippen LogP contribution in [-0.2, 0) is 0 Å². The minimum absolute atomic E-state index is 0.147. The van der Waals surface area contributed by atoms with Crippen LogP contribution in [0.4, 0.5) is 11.4 Å². The molecule has 1 fully saturated rings. The highest BCUT2D eigenvalue weighted by atomic mass is 32.2. The molecule has 0 radical (unpaired) electrons. The quantitative estimate of drug-likeness (QED) is 0.764. The van der Waals surface area contributed by atoms with Crippen LogP contribution in [0, 0.1) is 56.2 Å². The number of rotatable bonds is 1. The molecular weight excluding hydrogens is 342 g/mol. The second kappa shape index (κ2) is 5.53. The summed E-state index contributed by atoms with van der Waals surface area (Å²) < 4.78 is 0. The van der Waals surface area contributed by atoms with Gasteiger partial charge >= 0.3 is 0 Å². The minimum Gasteiger partial charge on any atom is -0.334 e. The van der Waals surface area contributed by atoms with Crippen molar-refractivity contribution in [3.05, 3.63) is 48.5 Å². The SMILES string of the molecule is N#CC1(C#N)CC(N2c3ccccc3Sc3ccccc32)C1(C#N)C#N. The van der Waals surface area contributed by atoms with Gasteiger partial charge in [-0.15, -0.1) is 0 Å². The molecule has 1 aliphatic carbocycles. The van der Waals surface area contributed by atoms with E-state index in [1.54, 1.807) is 11.8 Å². The average Bonchev–Trinajstić information content (AvgIpc) is 2.68. The third-order valence-electron chi connectivity index (χ3n) is 5.19. The summed E-state index contributed by atoms with van der Waals surface area (Å²) in [4.78, 5) is 3.99. The summed E-state index contributed by atoms with van der Waals surface area (Å²) in [5, 5.41) is 38.7. The molecule has 0 amide bonds. The van der Waals surface area contributed by atoms with Crippen molar-refractivity contribution in [3.63, 3.8) is 0 Å². The van der Waals surface area contributed by atoms with Crippen LogP contribution >= 0.6 is 11.8 Å². The highest BCUT2D eigenvalue weighted by Gasteiger charge is 2.71. The number of hydrogen-bond donors (Lipinski definition) is 0. The molecule has 26 heavy (non-hydrogen) atoms. The molecule has 2 aromatic rings. The van der Waals surface area contributed by atoms with Crippen LogP contribution in [0.5, 0.6) is 0 Å². The summed E-state index contributed by atoms with van der Waals surface area (Å²) in [7, 11) is 0. The van der Waals surface area contributed by atoms with Crippen LogP contribution in [0.2, 0.25) is 0 Å². The first kappa shape index (κ1) is 16.0. The van der Waals surface area contributed by atoms with E-state index >= 15 is 0 Å². The third kappa shape index (κ3) is 1.77. The number of hydrogen-bond acceptors (Lipinski definition) is 6. The molecular formula is C20H11N5S. The first-order valence-electron chi connectivity index (χ1n) is 7.96. The van der Waals surface area contributed by atoms with E-state index < -0.39 is 16.9 Å². The Morgan fingerprint density at radius 2 is 1.31 bits per heavy atom. The van der Waals surface area contributed by atoms with E-state index in [-0.39, 0.29) is 6.42 Å². The molecule has 0 N–H and O–H groups in total. The van der Waals surface area contributed by atoms with Gasteiger partial charge in [0.15, 0.2) is 10.8 Å². The molecule has 0 spiro atoms. The zero-order valence-electron chi connectivity index (χ0n) is 13.5. The van der Waals surface area contributed by atoms with Gasteiger partial charge in [0.25, 0.3) is 0 Å². The van der Waals surface area contributed by atoms with Crippen molar-refractivity contribution in [1.82, 2.24) is 0 Å². The Labute approximate surface area is 155 Å². The lowest BCUT2D eigenvalue weighted by Gasteiger charge is -2.54. The normalized spacial score (nSPS) is 20.8. The Morgan fingerprint density at radius 1 is 0.808 bits per heavy atom. The maximum absolute atomic E-state index is 9.82. The van der Waals surface area contributed by atoms with Gasteiger partial charge in [-0.2, -0.15) is 21.0 Å². The van der Waals surface area contributed by atoms with E-state index in [1.807, 2.05) is 77.7 Å². The predicted molar refractivity (Wildman–Crippen MR) is 94.9 cm³/mol. The number of nitriles is 4. The smallest absolute Gasteiger partial charge is 0.195 e. The maximum Gasteiger partial charge on any atom is 0.195 e. The van der Waals surface area contributed by atoms with Crippen LogP contribution in [0.3, 0.4) is 0 Å². The molecule has 0 bridgehead atoms. The monoisotopic (exact) mass is 353 g/mol. The lowest BCUT2D eigenvalue weighted by Crippen LogP contribution is -2.65. The lowest BCUT2D eigenvalue weighted by molar-refractivity contribution is 0.0974. The number of benzene rings is 2. The summed E-state index contributed by atoms with van der Waals surface area (Å²) >= 11 is 1.63. The molecule has 1 aliphatic heterocycles. The molecule has 0 aromatic heterocycles. The van der Waals surface area contributed by atoms with Crippen molar-refractivity contribution < 1.29 is 0 Å². The molecule has 5 nitrogen and oxygen atoms in total. The zero-order chi connectivity index (χ0) is 18.4. The van der Waals surface area contributed by atoms with Gasteiger partial charge < -0.3 is 4.90 Å².